The molecule has 1 aromatic carbocycles. The van der Waals surface area contributed by atoms with Gasteiger partial charge in [0.2, 0.25) is 0 Å². The summed E-state index contributed by atoms with van der Waals surface area (Å²) in [5.74, 6) is -12.3. The number of fused-ring (bicyclic) bond motifs is 1. The second-order valence-corrected chi connectivity index (χ2v) is 5.75. The van der Waals surface area contributed by atoms with Crippen LogP contribution in [0.5, 0.6) is 0 Å². The van der Waals surface area contributed by atoms with Crippen LogP contribution in [0.3, 0.4) is 0 Å². The Balaban J connectivity index is 2.90. The number of hydrogen-bond acceptors (Lipinski definition) is 3. The van der Waals surface area contributed by atoms with Gasteiger partial charge in [0.1, 0.15) is 5.82 Å². The number of halogens is 7. The van der Waals surface area contributed by atoms with Crippen LogP contribution in [-0.2, 0) is 12.5 Å². The predicted octanol–water partition coefficient (Wildman–Crippen LogP) is 4.17. The topological polar surface area (TPSA) is 42.1 Å². The standard InChI is InChI=1S/C15H14F7N3/c1-25(2)7-9-11(13(16,17)14(18,19)15(20,21)22)8-5-3-4-6-10(8)24-12(9)23/h3-6H,7H2,1-2H3,(H2,23,24). The number of benzene rings is 1. The largest absolute Gasteiger partial charge is 0.460 e. The number of nitrogens with two attached hydrogens (primary N) is 1. The predicted molar refractivity (Wildman–Crippen MR) is 78.4 cm³/mol. The van der Waals surface area contributed by atoms with E-state index in [4.69, 9.17) is 5.73 Å². The Labute approximate surface area is 138 Å². The molecule has 0 aliphatic heterocycles. The smallest absolute Gasteiger partial charge is 0.383 e. The number of alkyl halides is 7. The minimum Gasteiger partial charge on any atom is -0.383 e. The lowest BCUT2D eigenvalue weighted by Gasteiger charge is -2.31. The van der Waals surface area contributed by atoms with Gasteiger partial charge in [-0.1, -0.05) is 18.2 Å². The molecule has 0 bridgehead atoms. The molecular formula is C15H14F7N3. The van der Waals surface area contributed by atoms with E-state index in [9.17, 15) is 30.7 Å². The average Bonchev–Trinajstić information content (AvgIpc) is 2.45. The fourth-order valence-electron chi connectivity index (χ4n) is 2.44. The minimum absolute atomic E-state index is 0.199. The first kappa shape index (κ1) is 19.2. The van der Waals surface area contributed by atoms with Crippen molar-refractivity contribution in [3.63, 3.8) is 0 Å². The Morgan fingerprint density at radius 2 is 1.56 bits per heavy atom. The lowest BCUT2D eigenvalue weighted by Crippen LogP contribution is -2.50. The van der Waals surface area contributed by atoms with E-state index in [1.54, 1.807) is 0 Å². The molecule has 0 spiro atoms. The lowest BCUT2D eigenvalue weighted by atomic mass is 9.92. The monoisotopic (exact) mass is 369 g/mol. The quantitative estimate of drug-likeness (QED) is 0.823. The van der Waals surface area contributed by atoms with Gasteiger partial charge in [0.15, 0.2) is 0 Å². The van der Waals surface area contributed by atoms with Crippen molar-refractivity contribution in [1.82, 2.24) is 9.88 Å². The van der Waals surface area contributed by atoms with Crippen LogP contribution in [0.25, 0.3) is 10.9 Å². The fourth-order valence-corrected chi connectivity index (χ4v) is 2.44. The molecule has 1 aromatic heterocycles. The summed E-state index contributed by atoms with van der Waals surface area (Å²) in [6, 6.07) is 4.84. The van der Waals surface area contributed by atoms with Crippen molar-refractivity contribution in [2.75, 3.05) is 19.8 Å². The van der Waals surface area contributed by atoms with Crippen molar-refractivity contribution in [1.29, 1.82) is 0 Å². The van der Waals surface area contributed by atoms with E-state index in [1.165, 1.54) is 37.2 Å². The first-order valence-corrected chi connectivity index (χ1v) is 6.95. The van der Waals surface area contributed by atoms with Gasteiger partial charge in [-0.3, -0.25) is 0 Å². The number of nitrogen functional groups attached to an aromatic ring is 1. The molecule has 0 amide bonds. The highest BCUT2D eigenvalue weighted by molar-refractivity contribution is 5.86. The molecule has 2 rings (SSSR count). The van der Waals surface area contributed by atoms with Crippen LogP contribution >= 0.6 is 0 Å². The van der Waals surface area contributed by atoms with Crippen molar-refractivity contribution in [2.45, 2.75) is 24.6 Å². The second-order valence-electron chi connectivity index (χ2n) is 5.75. The Morgan fingerprint density at radius 1 is 1.00 bits per heavy atom. The van der Waals surface area contributed by atoms with Crippen LogP contribution in [0, 0.1) is 0 Å². The van der Waals surface area contributed by atoms with Gasteiger partial charge in [-0.15, -0.1) is 0 Å². The molecule has 1 heterocycles. The van der Waals surface area contributed by atoms with Crippen molar-refractivity contribution in [3.8, 4) is 0 Å². The number of hydrogen-bond donors (Lipinski definition) is 1. The van der Waals surface area contributed by atoms with Gasteiger partial charge in [-0.2, -0.15) is 30.7 Å². The molecule has 0 fully saturated rings. The van der Waals surface area contributed by atoms with E-state index in [2.05, 4.69) is 4.98 Å². The van der Waals surface area contributed by atoms with Crippen LogP contribution in [0.2, 0.25) is 0 Å². The van der Waals surface area contributed by atoms with E-state index in [0.717, 1.165) is 6.07 Å². The Kier molecular flexibility index (Phi) is 4.62. The molecule has 25 heavy (non-hydrogen) atoms. The molecule has 10 heteroatoms. The zero-order chi connectivity index (χ0) is 19.2. The third kappa shape index (κ3) is 3.10. The molecule has 2 N–H and O–H groups in total. The first-order chi connectivity index (χ1) is 11.3. The summed E-state index contributed by atoms with van der Waals surface area (Å²) in [5.41, 5.74) is 3.35. The highest BCUT2D eigenvalue weighted by Gasteiger charge is 2.74. The zero-order valence-corrected chi connectivity index (χ0v) is 13.1. The highest BCUT2D eigenvalue weighted by atomic mass is 19.4. The molecule has 0 unspecified atom stereocenters. The molecule has 0 radical (unpaired) electrons. The van der Waals surface area contributed by atoms with Gasteiger partial charge in [0.25, 0.3) is 0 Å². The molecule has 2 aromatic rings. The summed E-state index contributed by atoms with van der Waals surface area (Å²) >= 11 is 0. The van der Waals surface area contributed by atoms with Gasteiger partial charge >= 0.3 is 18.0 Å². The maximum atomic E-state index is 14.5. The molecule has 0 atom stereocenters. The van der Waals surface area contributed by atoms with Crippen molar-refractivity contribution >= 4 is 16.7 Å². The molecule has 0 saturated heterocycles. The van der Waals surface area contributed by atoms with Crippen LogP contribution in [0.15, 0.2) is 24.3 Å². The molecule has 0 aliphatic rings. The fraction of sp³-hybridized carbons (Fsp3) is 0.400. The number of anilines is 1. The van der Waals surface area contributed by atoms with E-state index >= 15 is 0 Å². The first-order valence-electron chi connectivity index (χ1n) is 6.95. The summed E-state index contributed by atoms with van der Waals surface area (Å²) in [4.78, 5) is 5.15. The number of nitrogens with zero attached hydrogens (tertiary/aromatic N) is 2. The highest BCUT2D eigenvalue weighted by Crippen LogP contribution is 2.54. The van der Waals surface area contributed by atoms with Gasteiger partial charge in [-0.25, -0.2) is 4.98 Å². The van der Waals surface area contributed by atoms with Crippen LogP contribution in [0.4, 0.5) is 36.6 Å². The molecule has 0 aliphatic carbocycles. The van der Waals surface area contributed by atoms with Crippen LogP contribution in [-0.4, -0.2) is 36.1 Å². The van der Waals surface area contributed by atoms with Gasteiger partial charge in [0.05, 0.1) is 5.52 Å². The van der Waals surface area contributed by atoms with Crippen molar-refractivity contribution in [2.24, 2.45) is 0 Å². The summed E-state index contributed by atoms with van der Waals surface area (Å²) in [7, 11) is 2.86. The zero-order valence-electron chi connectivity index (χ0n) is 13.1. The average molecular weight is 369 g/mol. The summed E-state index contributed by atoms with van der Waals surface area (Å²) < 4.78 is 94.1. The maximum absolute atomic E-state index is 14.5. The van der Waals surface area contributed by atoms with Crippen LogP contribution in [0.1, 0.15) is 11.1 Å². The van der Waals surface area contributed by atoms with E-state index in [0.29, 0.717) is 0 Å². The third-order valence-corrected chi connectivity index (χ3v) is 3.56. The second kappa shape index (κ2) is 6.01. The number of aromatic nitrogens is 1. The van der Waals surface area contributed by atoms with E-state index in [-0.39, 0.29) is 12.1 Å². The van der Waals surface area contributed by atoms with Gasteiger partial charge in [-0.05, 0) is 20.2 Å². The summed E-state index contributed by atoms with van der Waals surface area (Å²) in [6.07, 6.45) is -6.44. The third-order valence-electron chi connectivity index (χ3n) is 3.56. The SMILES string of the molecule is CN(C)Cc1c(N)nc2ccccc2c1C(F)(F)C(F)(F)C(F)(F)F. The molecule has 0 saturated carbocycles. The van der Waals surface area contributed by atoms with E-state index < -0.39 is 40.4 Å². The Morgan fingerprint density at radius 3 is 2.08 bits per heavy atom. The van der Waals surface area contributed by atoms with Crippen molar-refractivity contribution < 1.29 is 30.7 Å². The summed E-state index contributed by atoms with van der Waals surface area (Å²) in [5, 5.41) is -0.512. The summed E-state index contributed by atoms with van der Waals surface area (Å²) in [6.45, 7) is -0.386. The number of pyridine rings is 1. The Bertz CT molecular complexity index is 785. The Hall–Kier alpha value is -2.10. The minimum atomic E-state index is -6.44. The maximum Gasteiger partial charge on any atom is 0.460 e. The van der Waals surface area contributed by atoms with Crippen molar-refractivity contribution in [3.05, 3.63) is 35.4 Å². The molecular weight excluding hydrogens is 355 g/mol. The number of rotatable bonds is 4. The van der Waals surface area contributed by atoms with Gasteiger partial charge < -0.3 is 10.6 Å². The normalized spacial score (nSPS) is 13.7. The molecule has 3 nitrogen and oxygen atoms in total. The molecule has 138 valence electrons. The number of para-hydroxylation sites is 1. The van der Waals surface area contributed by atoms with E-state index in [1.807, 2.05) is 0 Å². The van der Waals surface area contributed by atoms with Gasteiger partial charge in [0, 0.05) is 23.1 Å². The van der Waals surface area contributed by atoms with Crippen LogP contribution < -0.4 is 5.73 Å². The lowest BCUT2D eigenvalue weighted by molar-refractivity contribution is -0.359.